The number of benzene rings is 2. The number of rotatable bonds is 7. The lowest BCUT2D eigenvalue weighted by Crippen LogP contribution is -2.44. The Balaban J connectivity index is 0.000000116. The van der Waals surface area contributed by atoms with E-state index in [1.54, 1.807) is 48.7 Å². The molecule has 2 aromatic carbocycles. The molecule has 12 aromatic rings. The van der Waals surface area contributed by atoms with Crippen LogP contribution in [0.25, 0.3) is 82.9 Å². The molecule has 0 amide bonds. The second kappa shape index (κ2) is 22.0. The predicted octanol–water partition coefficient (Wildman–Crippen LogP) is 5.31. The van der Waals surface area contributed by atoms with Gasteiger partial charge in [0.1, 0.15) is 34.2 Å². The molecule has 10 aromatic heterocycles. The number of aromatic amines is 3. The topological polar surface area (TPSA) is 258 Å². The van der Waals surface area contributed by atoms with Crippen LogP contribution in [-0.2, 0) is 0 Å². The molecule has 414 valence electrons. The van der Waals surface area contributed by atoms with Crippen LogP contribution in [0.4, 0.5) is 17.5 Å². The van der Waals surface area contributed by atoms with Crippen LogP contribution < -0.4 is 41.4 Å². The Morgan fingerprint density at radius 2 is 1.01 bits per heavy atom. The zero-order chi connectivity index (χ0) is 55.8. The highest BCUT2D eigenvalue weighted by Crippen LogP contribution is 2.28. The first-order chi connectivity index (χ1) is 40.1. The van der Waals surface area contributed by atoms with Crippen LogP contribution in [0, 0.1) is 0 Å². The minimum atomic E-state index is -0.237. The fourth-order valence-electron chi connectivity index (χ4n) is 10.7. The highest BCUT2D eigenvalue weighted by atomic mass is 16.5. The highest BCUT2D eigenvalue weighted by molar-refractivity contribution is 6.04. The van der Waals surface area contributed by atoms with Gasteiger partial charge in [0.05, 0.1) is 73.8 Å². The Bertz CT molecular complexity index is 4460. The molecule has 23 heteroatoms. The van der Waals surface area contributed by atoms with E-state index in [-0.39, 0.29) is 22.8 Å². The zero-order valence-electron chi connectivity index (χ0n) is 45.1. The van der Waals surface area contributed by atoms with Crippen LogP contribution in [-0.4, -0.2) is 160 Å². The van der Waals surface area contributed by atoms with Crippen molar-refractivity contribution in [1.29, 1.82) is 0 Å². The Kier molecular flexibility index (Phi) is 13.8. The number of methoxy groups -OCH3 is 1. The van der Waals surface area contributed by atoms with Crippen molar-refractivity contribution in [2.45, 2.75) is 18.9 Å². The lowest BCUT2D eigenvalue weighted by Gasteiger charge is -2.33. The monoisotopic (exact) mass is 1100 g/mol. The largest absolute Gasteiger partial charge is 0.497 e. The molecule has 0 radical (unpaired) electrons. The fourth-order valence-corrected chi connectivity index (χ4v) is 10.7. The average Bonchev–Trinajstić information content (AvgIpc) is 4.37. The number of para-hydroxylation sites is 1. The third kappa shape index (κ3) is 9.89. The Labute approximate surface area is 467 Å². The first-order valence-electron chi connectivity index (χ1n) is 27.3. The van der Waals surface area contributed by atoms with E-state index in [4.69, 9.17) is 14.7 Å². The molecule has 5 N–H and O–H groups in total. The molecule has 0 bridgehead atoms. The number of pyridine rings is 7. The maximum Gasteiger partial charge on any atom is 0.282 e. The van der Waals surface area contributed by atoms with E-state index in [1.165, 1.54) is 9.36 Å². The number of hydrogen-bond acceptors (Lipinski definition) is 17. The number of aromatic nitrogens is 13. The Morgan fingerprint density at radius 1 is 0.488 bits per heavy atom. The highest BCUT2D eigenvalue weighted by Gasteiger charge is 2.22. The molecule has 23 nitrogen and oxygen atoms in total. The normalized spacial score (nSPS) is 15.3. The molecule has 15 rings (SSSR count). The number of piperidine rings is 1. The smallest absolute Gasteiger partial charge is 0.282 e. The van der Waals surface area contributed by atoms with E-state index in [2.05, 4.69) is 72.2 Å². The van der Waals surface area contributed by atoms with E-state index >= 15 is 0 Å². The quantitative estimate of drug-likeness (QED) is 0.135. The molecule has 0 saturated carbocycles. The molecular weight excluding hydrogens is 1040 g/mol. The zero-order valence-corrected chi connectivity index (χ0v) is 45.1. The molecule has 0 spiro atoms. The maximum atomic E-state index is 13.0. The summed E-state index contributed by atoms with van der Waals surface area (Å²) in [4.78, 5) is 79.4. The number of nitrogens with one attached hydrogen (secondary N) is 4. The summed E-state index contributed by atoms with van der Waals surface area (Å²) in [7, 11) is 3.75. The number of nitrogens with zero attached hydrogens (tertiary/aromatic N) is 14. The van der Waals surface area contributed by atoms with Gasteiger partial charge >= 0.3 is 0 Å². The molecule has 3 aliphatic heterocycles. The Morgan fingerprint density at radius 3 is 1.62 bits per heavy atom. The van der Waals surface area contributed by atoms with Crippen LogP contribution >= 0.6 is 0 Å². The van der Waals surface area contributed by atoms with Crippen molar-refractivity contribution in [2.75, 3.05) is 94.3 Å². The van der Waals surface area contributed by atoms with Gasteiger partial charge in [-0.25, -0.2) is 34.0 Å². The SMILES string of the molecule is COc1ccc(-n2[nH]c3c(cnc4ccc(N5CCN(C)CC5)nc43)c2=O)cc1.O=c1c2cnc3cc(N4CCNCC4)ncc3c2[nH]n1-c1ccccc1.O=c1c2cnc3ccc(N4CCC(O)CC4)nc3c2[nH]n1-c1ccccn1. The lowest BCUT2D eigenvalue weighted by molar-refractivity contribution is 0.145. The summed E-state index contributed by atoms with van der Waals surface area (Å²) < 4.78 is 9.69. The summed E-state index contributed by atoms with van der Waals surface area (Å²) in [6.07, 6.45) is 9.53. The first-order valence-corrected chi connectivity index (χ1v) is 27.3. The number of aliphatic hydroxyl groups is 1. The molecule has 3 fully saturated rings. The van der Waals surface area contributed by atoms with Gasteiger partial charge in [-0.15, -0.1) is 0 Å². The van der Waals surface area contributed by atoms with E-state index in [9.17, 15) is 19.5 Å². The number of anilines is 3. The van der Waals surface area contributed by atoms with Crippen LogP contribution in [0.3, 0.4) is 0 Å². The molecule has 3 saturated heterocycles. The molecule has 3 aliphatic rings. The molecule has 82 heavy (non-hydrogen) atoms. The molecule has 13 heterocycles. The Hall–Kier alpha value is -9.84. The second-order valence-corrected chi connectivity index (χ2v) is 20.5. The number of likely N-dealkylation sites (N-methyl/N-ethyl adjacent to an activating group) is 1. The van der Waals surface area contributed by atoms with Gasteiger partial charge in [0.15, 0.2) is 5.82 Å². The van der Waals surface area contributed by atoms with Gasteiger partial charge in [0.2, 0.25) is 0 Å². The van der Waals surface area contributed by atoms with Crippen molar-refractivity contribution in [2.24, 2.45) is 0 Å². The van der Waals surface area contributed by atoms with Gasteiger partial charge in [-0.2, -0.15) is 0 Å². The summed E-state index contributed by atoms with van der Waals surface area (Å²) in [6.45, 7) is 9.18. The van der Waals surface area contributed by atoms with Crippen molar-refractivity contribution in [3.63, 3.8) is 0 Å². The van der Waals surface area contributed by atoms with Crippen molar-refractivity contribution in [3.8, 4) is 22.9 Å². The number of fused-ring (bicyclic) bond motifs is 9. The van der Waals surface area contributed by atoms with E-state index in [0.717, 1.165) is 140 Å². The second-order valence-electron chi connectivity index (χ2n) is 20.5. The number of hydrogen-bond donors (Lipinski definition) is 5. The van der Waals surface area contributed by atoms with Gasteiger partial charge < -0.3 is 34.8 Å². The molecular formula is C59H58N18O5. The van der Waals surface area contributed by atoms with Crippen LogP contribution in [0.1, 0.15) is 12.8 Å². The van der Waals surface area contributed by atoms with Crippen LogP contribution in [0.5, 0.6) is 5.75 Å². The third-order valence-corrected chi connectivity index (χ3v) is 15.4. The van der Waals surface area contributed by atoms with Crippen molar-refractivity contribution < 1.29 is 9.84 Å². The number of H-pyrrole nitrogens is 3. The van der Waals surface area contributed by atoms with Crippen molar-refractivity contribution >= 4 is 83.1 Å². The molecule has 0 atom stereocenters. The van der Waals surface area contributed by atoms with Crippen molar-refractivity contribution in [3.05, 3.63) is 165 Å². The minimum absolute atomic E-state index is 0.105. The summed E-state index contributed by atoms with van der Waals surface area (Å²) in [5, 5.41) is 25.1. The molecule has 0 aliphatic carbocycles. The summed E-state index contributed by atoms with van der Waals surface area (Å²) in [5.41, 5.74) is 6.88. The van der Waals surface area contributed by atoms with Gasteiger partial charge in [0.25, 0.3) is 16.7 Å². The summed E-state index contributed by atoms with van der Waals surface area (Å²) in [5.74, 6) is 3.93. The fraction of sp³-hybridized carbons (Fsp3) is 0.254. The van der Waals surface area contributed by atoms with Gasteiger partial charge in [-0.3, -0.25) is 44.6 Å². The number of piperazine rings is 2. The van der Waals surface area contributed by atoms with Gasteiger partial charge in [-0.1, -0.05) is 24.3 Å². The van der Waals surface area contributed by atoms with E-state index in [1.807, 2.05) is 97.2 Å². The minimum Gasteiger partial charge on any atom is -0.497 e. The van der Waals surface area contributed by atoms with Gasteiger partial charge in [0, 0.05) is 108 Å². The predicted molar refractivity (Wildman–Crippen MR) is 318 cm³/mol. The first kappa shape index (κ1) is 51.6. The standard InChI is InChI=1S/C21H22N6O2.C19H18N6O2.C19H18N6O/c1-25-9-11-26(12-10-25)18-8-7-17-20(23-18)19-16(13-22-17)21(28)27(24-19)14-3-5-15(29-2)6-4-14;26-12-6-9-24(10-7-12)16-5-4-14-18(22-16)17-13(11-21-14)19(27)25(23-17)15-3-1-2-8-20-15;26-19-15-12-21-16-10-17(24-8-6-20-7-9-24)22-11-14(16)18(15)23-25(19)13-4-2-1-3-5-13/h3-8,13,24H,9-12H2,1-2H3;1-5,8,11-12,23,26H,6-7,9-10H2;1-5,10-12,20,23H,6-9H2. The van der Waals surface area contributed by atoms with Crippen molar-refractivity contribution in [1.82, 2.24) is 74.4 Å². The van der Waals surface area contributed by atoms with E-state index < -0.39 is 0 Å². The van der Waals surface area contributed by atoms with Gasteiger partial charge in [-0.05, 0) is 92.7 Å². The van der Waals surface area contributed by atoms with E-state index in [0.29, 0.717) is 44.0 Å². The van der Waals surface area contributed by atoms with Crippen LogP contribution in [0.2, 0.25) is 0 Å². The lowest BCUT2D eigenvalue weighted by atomic mass is 10.1. The average molecular weight is 1100 g/mol. The summed E-state index contributed by atoms with van der Waals surface area (Å²) >= 11 is 0. The third-order valence-electron chi connectivity index (χ3n) is 15.4. The maximum absolute atomic E-state index is 13.0. The van der Waals surface area contributed by atoms with Crippen LogP contribution in [0.15, 0.2) is 148 Å². The number of ether oxygens (including phenoxy) is 1. The summed E-state index contributed by atoms with van der Waals surface area (Å²) in [6, 6.07) is 32.1. The number of aliphatic hydroxyl groups excluding tert-OH is 1. The molecule has 0 unspecified atom stereocenters.